The zero-order chi connectivity index (χ0) is 15.5. The van der Waals surface area contributed by atoms with Crippen LogP contribution in [0.3, 0.4) is 0 Å². The number of aryl methyl sites for hydroxylation is 1. The van der Waals surface area contributed by atoms with Crippen LogP contribution in [-0.2, 0) is 11.2 Å². The van der Waals surface area contributed by atoms with Gasteiger partial charge in [0.25, 0.3) is 0 Å². The van der Waals surface area contributed by atoms with Crippen LogP contribution in [0, 0.1) is 0 Å². The van der Waals surface area contributed by atoms with Gasteiger partial charge in [-0.15, -0.1) is 0 Å². The molecule has 0 unspecified atom stereocenters. The van der Waals surface area contributed by atoms with E-state index in [1.54, 1.807) is 11.9 Å². The minimum Gasteiger partial charge on any atom is -0.352 e. The van der Waals surface area contributed by atoms with Crippen LogP contribution in [0.5, 0.6) is 0 Å². The fourth-order valence-corrected chi connectivity index (χ4v) is 2.20. The molecule has 0 aromatic carbocycles. The Morgan fingerprint density at radius 1 is 1.48 bits per heavy atom. The summed E-state index contributed by atoms with van der Waals surface area (Å²) >= 11 is 0. The second-order valence-electron chi connectivity index (χ2n) is 5.06. The second-order valence-corrected chi connectivity index (χ2v) is 5.06. The zero-order valence-corrected chi connectivity index (χ0v) is 11.7. The summed E-state index contributed by atoms with van der Waals surface area (Å²) in [4.78, 5) is 21.1. The average molecular weight is 302 g/mol. The largest absolute Gasteiger partial charge is 0.389 e. The third-order valence-corrected chi connectivity index (χ3v) is 3.51. The van der Waals surface area contributed by atoms with Crippen molar-refractivity contribution in [1.82, 2.24) is 14.9 Å². The van der Waals surface area contributed by atoms with Gasteiger partial charge in [-0.25, -0.2) is 9.97 Å². The smallest absolute Gasteiger partial charge is 0.352 e. The minimum atomic E-state index is -4.19. The van der Waals surface area contributed by atoms with Gasteiger partial charge in [0, 0.05) is 44.4 Å². The van der Waals surface area contributed by atoms with Crippen molar-refractivity contribution in [2.75, 3.05) is 18.9 Å². The standard InChI is InChI=1S/C13H17F3N4O/c1-20-10(2-3-11(20)21)8-18-12-17-7-5-9(19-12)4-6-13(14,15)16/h5,7,10H,2-4,6,8H2,1H3,(H,17,18,19)/t10-/m1/s1. The summed E-state index contributed by atoms with van der Waals surface area (Å²) in [7, 11) is 1.74. The maximum absolute atomic E-state index is 12.2. The van der Waals surface area contributed by atoms with Gasteiger partial charge in [-0.1, -0.05) is 0 Å². The molecule has 0 aliphatic carbocycles. The number of halogens is 3. The van der Waals surface area contributed by atoms with Crippen molar-refractivity contribution < 1.29 is 18.0 Å². The first kappa shape index (κ1) is 15.5. The first-order valence-electron chi connectivity index (χ1n) is 6.73. The van der Waals surface area contributed by atoms with Gasteiger partial charge >= 0.3 is 6.18 Å². The summed E-state index contributed by atoms with van der Waals surface area (Å²) < 4.78 is 36.5. The Labute approximate surface area is 120 Å². The van der Waals surface area contributed by atoms with Gasteiger partial charge in [-0.3, -0.25) is 4.79 Å². The predicted octanol–water partition coefficient (Wildman–Crippen LogP) is 2.00. The number of aromatic nitrogens is 2. The van der Waals surface area contributed by atoms with Crippen molar-refractivity contribution >= 4 is 11.9 Å². The van der Waals surface area contributed by atoms with Crippen LogP contribution >= 0.6 is 0 Å². The molecule has 1 atom stereocenters. The van der Waals surface area contributed by atoms with Gasteiger partial charge < -0.3 is 10.2 Å². The number of nitrogens with one attached hydrogen (secondary N) is 1. The first-order chi connectivity index (χ1) is 9.85. The Kier molecular flexibility index (Phi) is 4.64. The third kappa shape index (κ3) is 4.57. The van der Waals surface area contributed by atoms with Gasteiger partial charge in [-0.2, -0.15) is 13.2 Å². The molecule has 1 aliphatic heterocycles. The Hall–Kier alpha value is -1.86. The van der Waals surface area contributed by atoms with E-state index in [2.05, 4.69) is 15.3 Å². The lowest BCUT2D eigenvalue weighted by Crippen LogP contribution is -2.34. The molecule has 1 fully saturated rings. The molecule has 0 bridgehead atoms. The number of likely N-dealkylation sites (N-methyl/N-ethyl adjacent to an activating group) is 1. The summed E-state index contributed by atoms with van der Waals surface area (Å²) in [6.45, 7) is 0.491. The molecule has 1 amide bonds. The number of hydrogen-bond acceptors (Lipinski definition) is 4. The Bertz CT molecular complexity index is 506. The molecule has 1 saturated heterocycles. The van der Waals surface area contributed by atoms with Crippen molar-refractivity contribution in [2.24, 2.45) is 0 Å². The van der Waals surface area contributed by atoms with Gasteiger partial charge in [0.1, 0.15) is 0 Å². The van der Waals surface area contributed by atoms with Crippen LogP contribution < -0.4 is 5.32 Å². The fraction of sp³-hybridized carbons (Fsp3) is 0.615. The molecule has 2 rings (SSSR count). The summed E-state index contributed by atoms with van der Waals surface area (Å²) in [5.41, 5.74) is 0.348. The third-order valence-electron chi connectivity index (χ3n) is 3.51. The lowest BCUT2D eigenvalue weighted by atomic mass is 10.2. The number of hydrogen-bond donors (Lipinski definition) is 1. The second kappa shape index (κ2) is 6.28. The van der Waals surface area contributed by atoms with Crippen LogP contribution in [0.1, 0.15) is 25.0 Å². The molecule has 1 aliphatic rings. The molecular weight excluding hydrogens is 285 g/mol. The number of likely N-dealkylation sites (tertiary alicyclic amines) is 1. The molecule has 1 aromatic heterocycles. The van der Waals surface area contributed by atoms with Crippen LogP contribution in [0.4, 0.5) is 19.1 Å². The molecule has 0 radical (unpaired) electrons. The summed E-state index contributed by atoms with van der Waals surface area (Å²) in [6, 6.07) is 1.54. The predicted molar refractivity (Wildman–Crippen MR) is 70.7 cm³/mol. The van der Waals surface area contributed by atoms with Crippen molar-refractivity contribution in [3.05, 3.63) is 18.0 Å². The summed E-state index contributed by atoms with van der Waals surface area (Å²) in [5, 5.41) is 2.98. The zero-order valence-electron chi connectivity index (χ0n) is 11.7. The number of amides is 1. The lowest BCUT2D eigenvalue weighted by Gasteiger charge is -2.20. The van der Waals surface area contributed by atoms with E-state index >= 15 is 0 Å². The van der Waals surface area contributed by atoms with E-state index in [9.17, 15) is 18.0 Å². The highest BCUT2D eigenvalue weighted by Crippen LogP contribution is 2.21. The quantitative estimate of drug-likeness (QED) is 0.904. The monoisotopic (exact) mass is 302 g/mol. The van der Waals surface area contributed by atoms with E-state index in [1.807, 2.05) is 0 Å². The Morgan fingerprint density at radius 3 is 2.86 bits per heavy atom. The number of rotatable bonds is 5. The molecule has 2 heterocycles. The molecule has 0 spiro atoms. The van der Waals surface area contributed by atoms with E-state index in [1.165, 1.54) is 12.3 Å². The van der Waals surface area contributed by atoms with E-state index < -0.39 is 12.6 Å². The fourth-order valence-electron chi connectivity index (χ4n) is 2.20. The van der Waals surface area contributed by atoms with Crippen LogP contribution in [0.2, 0.25) is 0 Å². The highest BCUT2D eigenvalue weighted by molar-refractivity contribution is 5.78. The SMILES string of the molecule is CN1C(=O)CC[C@@H]1CNc1nccc(CCC(F)(F)F)n1. The molecule has 5 nitrogen and oxygen atoms in total. The van der Waals surface area contributed by atoms with Crippen LogP contribution in [-0.4, -0.2) is 46.6 Å². The van der Waals surface area contributed by atoms with Crippen LogP contribution in [0.15, 0.2) is 12.3 Å². The van der Waals surface area contributed by atoms with E-state index in [0.717, 1.165) is 6.42 Å². The first-order valence-corrected chi connectivity index (χ1v) is 6.73. The van der Waals surface area contributed by atoms with E-state index in [-0.39, 0.29) is 18.4 Å². The number of carbonyl (C=O) groups excluding carboxylic acids is 1. The summed E-state index contributed by atoms with van der Waals surface area (Å²) in [6.07, 6.45) is -2.53. The topological polar surface area (TPSA) is 58.1 Å². The van der Waals surface area contributed by atoms with E-state index in [0.29, 0.717) is 24.6 Å². The van der Waals surface area contributed by atoms with E-state index in [4.69, 9.17) is 0 Å². The maximum Gasteiger partial charge on any atom is 0.389 e. The van der Waals surface area contributed by atoms with Crippen molar-refractivity contribution in [3.8, 4) is 0 Å². The maximum atomic E-state index is 12.2. The molecule has 1 N–H and O–H groups in total. The minimum absolute atomic E-state index is 0.0694. The number of alkyl halides is 3. The molecule has 8 heteroatoms. The number of anilines is 1. The van der Waals surface area contributed by atoms with Crippen molar-refractivity contribution in [3.63, 3.8) is 0 Å². The summed E-state index contributed by atoms with van der Waals surface area (Å²) in [5.74, 6) is 0.393. The van der Waals surface area contributed by atoms with Gasteiger partial charge in [-0.05, 0) is 18.9 Å². The van der Waals surface area contributed by atoms with Gasteiger partial charge in [0.2, 0.25) is 11.9 Å². The molecule has 21 heavy (non-hydrogen) atoms. The van der Waals surface area contributed by atoms with Gasteiger partial charge in [0.15, 0.2) is 0 Å². The average Bonchev–Trinajstić information content (AvgIpc) is 2.74. The normalized spacial score (nSPS) is 19.1. The van der Waals surface area contributed by atoms with Crippen molar-refractivity contribution in [2.45, 2.75) is 37.9 Å². The lowest BCUT2D eigenvalue weighted by molar-refractivity contribution is -0.134. The van der Waals surface area contributed by atoms with Gasteiger partial charge in [0.05, 0.1) is 0 Å². The Balaban J connectivity index is 1.88. The van der Waals surface area contributed by atoms with Crippen molar-refractivity contribution in [1.29, 1.82) is 0 Å². The Morgan fingerprint density at radius 2 is 2.24 bits per heavy atom. The highest BCUT2D eigenvalue weighted by atomic mass is 19.4. The molecule has 1 aromatic rings. The number of carbonyl (C=O) groups is 1. The molecule has 0 saturated carbocycles. The molecular formula is C13H17F3N4O. The van der Waals surface area contributed by atoms with Crippen LogP contribution in [0.25, 0.3) is 0 Å². The molecule has 116 valence electrons. The number of nitrogens with zero attached hydrogens (tertiary/aromatic N) is 3. The highest BCUT2D eigenvalue weighted by Gasteiger charge is 2.28.